The molecule has 3 N–H and O–H groups in total. The highest BCUT2D eigenvalue weighted by molar-refractivity contribution is 14.0. The molecule has 9 heteroatoms. The van der Waals surface area contributed by atoms with Crippen molar-refractivity contribution in [2.75, 3.05) is 33.7 Å². The summed E-state index contributed by atoms with van der Waals surface area (Å²) in [5.41, 5.74) is 3.14. The SMILES string of the molecule is CN=C(NCc1ccc(CS(=O)(=O)NC)cc1)NCC(c1ccccc1)N1CCCC1.I. The van der Waals surface area contributed by atoms with Crippen molar-refractivity contribution in [3.05, 3.63) is 71.3 Å². The zero-order valence-corrected chi connectivity index (χ0v) is 21.9. The molecule has 1 fully saturated rings. The molecule has 0 radical (unpaired) electrons. The van der Waals surface area contributed by atoms with Crippen molar-refractivity contribution in [1.29, 1.82) is 0 Å². The molecule has 176 valence electrons. The first-order chi connectivity index (χ1) is 15.0. The topological polar surface area (TPSA) is 85.8 Å². The van der Waals surface area contributed by atoms with Crippen LogP contribution < -0.4 is 15.4 Å². The molecule has 0 bridgehead atoms. The number of halogens is 1. The second kappa shape index (κ2) is 13.1. The molecule has 1 aliphatic heterocycles. The van der Waals surface area contributed by atoms with Gasteiger partial charge in [0.15, 0.2) is 5.96 Å². The average Bonchev–Trinajstić information content (AvgIpc) is 3.32. The molecule has 32 heavy (non-hydrogen) atoms. The Bertz CT molecular complexity index is 946. The van der Waals surface area contributed by atoms with Crippen LogP contribution in [0, 0.1) is 0 Å². The lowest BCUT2D eigenvalue weighted by Gasteiger charge is -2.29. The van der Waals surface area contributed by atoms with Crippen molar-refractivity contribution < 1.29 is 8.42 Å². The molecule has 0 amide bonds. The van der Waals surface area contributed by atoms with Crippen LogP contribution in [0.25, 0.3) is 0 Å². The summed E-state index contributed by atoms with van der Waals surface area (Å²) in [4.78, 5) is 6.90. The number of hydrogen-bond donors (Lipinski definition) is 3. The first-order valence-electron chi connectivity index (χ1n) is 10.7. The fourth-order valence-corrected chi connectivity index (χ4v) is 4.61. The molecule has 1 heterocycles. The van der Waals surface area contributed by atoms with Crippen LogP contribution in [0.1, 0.15) is 35.6 Å². The van der Waals surface area contributed by atoms with Crippen LogP contribution in [0.3, 0.4) is 0 Å². The lowest BCUT2D eigenvalue weighted by molar-refractivity contribution is 0.245. The third-order valence-electron chi connectivity index (χ3n) is 5.60. The van der Waals surface area contributed by atoms with E-state index in [-0.39, 0.29) is 29.7 Å². The highest BCUT2D eigenvalue weighted by Crippen LogP contribution is 2.24. The minimum Gasteiger partial charge on any atom is -0.354 e. The number of benzene rings is 2. The Balaban J connectivity index is 0.00000363. The Morgan fingerprint density at radius 3 is 2.22 bits per heavy atom. The van der Waals surface area contributed by atoms with Gasteiger partial charge in [0, 0.05) is 20.1 Å². The summed E-state index contributed by atoms with van der Waals surface area (Å²) < 4.78 is 25.7. The van der Waals surface area contributed by atoms with Gasteiger partial charge in [0.1, 0.15) is 0 Å². The zero-order chi connectivity index (χ0) is 22.1. The molecule has 2 aromatic carbocycles. The quantitative estimate of drug-likeness (QED) is 0.245. The lowest BCUT2D eigenvalue weighted by atomic mass is 10.1. The summed E-state index contributed by atoms with van der Waals surface area (Å²) in [6.45, 7) is 3.65. The van der Waals surface area contributed by atoms with Crippen LogP contribution in [0.15, 0.2) is 59.6 Å². The Kier molecular flexibility index (Phi) is 10.9. The van der Waals surface area contributed by atoms with Gasteiger partial charge < -0.3 is 10.6 Å². The van der Waals surface area contributed by atoms with Crippen molar-refractivity contribution in [2.24, 2.45) is 4.99 Å². The molecular weight excluding hydrogens is 537 g/mol. The number of rotatable bonds is 9. The van der Waals surface area contributed by atoms with Crippen LogP contribution in [0.2, 0.25) is 0 Å². The third kappa shape index (κ3) is 8.02. The smallest absolute Gasteiger partial charge is 0.215 e. The van der Waals surface area contributed by atoms with Gasteiger partial charge in [0.05, 0.1) is 11.8 Å². The first-order valence-corrected chi connectivity index (χ1v) is 12.4. The fraction of sp³-hybridized carbons (Fsp3) is 0.435. The summed E-state index contributed by atoms with van der Waals surface area (Å²) in [6.07, 6.45) is 2.50. The van der Waals surface area contributed by atoms with Crippen molar-refractivity contribution in [2.45, 2.75) is 31.2 Å². The Morgan fingerprint density at radius 2 is 1.62 bits per heavy atom. The van der Waals surface area contributed by atoms with Crippen LogP contribution in [-0.4, -0.2) is 53.0 Å². The van der Waals surface area contributed by atoms with E-state index in [1.807, 2.05) is 24.3 Å². The monoisotopic (exact) mass is 571 g/mol. The Labute approximate surface area is 209 Å². The van der Waals surface area contributed by atoms with Gasteiger partial charge in [0.25, 0.3) is 0 Å². The number of hydrogen-bond acceptors (Lipinski definition) is 4. The van der Waals surface area contributed by atoms with E-state index in [9.17, 15) is 8.42 Å². The summed E-state index contributed by atoms with van der Waals surface area (Å²) in [6, 6.07) is 18.5. The van der Waals surface area contributed by atoms with Crippen molar-refractivity contribution in [1.82, 2.24) is 20.3 Å². The van der Waals surface area contributed by atoms with E-state index in [2.05, 4.69) is 55.6 Å². The van der Waals surface area contributed by atoms with E-state index in [4.69, 9.17) is 0 Å². The maximum Gasteiger partial charge on any atom is 0.215 e. The molecule has 1 atom stereocenters. The van der Waals surface area contributed by atoms with Gasteiger partial charge in [-0.15, -0.1) is 24.0 Å². The van der Waals surface area contributed by atoms with Crippen LogP contribution in [-0.2, 0) is 22.3 Å². The van der Waals surface area contributed by atoms with Gasteiger partial charge in [-0.2, -0.15) is 0 Å². The average molecular weight is 572 g/mol. The molecule has 0 aromatic heterocycles. The predicted octanol–water partition coefficient (Wildman–Crippen LogP) is 2.86. The van der Waals surface area contributed by atoms with E-state index < -0.39 is 10.0 Å². The molecule has 1 saturated heterocycles. The standard InChI is InChI=1S/C23H33N5O2S.HI/c1-24-23(26-16-19-10-12-20(13-11-19)18-31(29,30)25-2)27-17-22(28-14-6-7-15-28)21-8-4-3-5-9-21;/h3-5,8-13,22,25H,6-7,14-18H2,1-2H3,(H2,24,26,27);1H. The number of guanidine groups is 1. The van der Waals surface area contributed by atoms with Gasteiger partial charge in [0.2, 0.25) is 10.0 Å². The normalized spacial score (nSPS) is 15.8. The van der Waals surface area contributed by atoms with Gasteiger partial charge in [-0.05, 0) is 49.7 Å². The summed E-state index contributed by atoms with van der Waals surface area (Å²) in [5, 5.41) is 6.83. The zero-order valence-electron chi connectivity index (χ0n) is 18.8. The molecule has 1 unspecified atom stereocenters. The van der Waals surface area contributed by atoms with E-state index in [1.54, 1.807) is 7.05 Å². The second-order valence-corrected chi connectivity index (χ2v) is 9.68. The van der Waals surface area contributed by atoms with Crippen molar-refractivity contribution in [3.8, 4) is 0 Å². The van der Waals surface area contributed by atoms with Crippen LogP contribution >= 0.6 is 24.0 Å². The van der Waals surface area contributed by atoms with E-state index in [0.717, 1.165) is 36.7 Å². The molecule has 3 rings (SSSR count). The first kappa shape index (κ1) is 26.6. The minimum absolute atomic E-state index is 0. The molecule has 2 aromatic rings. The predicted molar refractivity (Wildman–Crippen MR) is 142 cm³/mol. The molecule has 0 saturated carbocycles. The largest absolute Gasteiger partial charge is 0.354 e. The molecule has 1 aliphatic rings. The minimum atomic E-state index is -3.26. The highest BCUT2D eigenvalue weighted by Gasteiger charge is 2.23. The fourth-order valence-electron chi connectivity index (χ4n) is 3.83. The molecule has 7 nitrogen and oxygen atoms in total. The van der Waals surface area contributed by atoms with Gasteiger partial charge in [-0.1, -0.05) is 54.6 Å². The molecule has 0 aliphatic carbocycles. The molecule has 0 spiro atoms. The number of nitrogens with one attached hydrogen (secondary N) is 3. The number of sulfonamides is 1. The maximum atomic E-state index is 11.7. The summed E-state index contributed by atoms with van der Waals surface area (Å²) in [7, 11) is -0.0583. The van der Waals surface area contributed by atoms with E-state index in [0.29, 0.717) is 12.6 Å². The Morgan fingerprint density at radius 1 is 1.00 bits per heavy atom. The number of likely N-dealkylation sites (tertiary alicyclic amines) is 1. The van der Waals surface area contributed by atoms with Crippen molar-refractivity contribution in [3.63, 3.8) is 0 Å². The van der Waals surface area contributed by atoms with Gasteiger partial charge in [-0.25, -0.2) is 13.1 Å². The summed E-state index contributed by atoms with van der Waals surface area (Å²) >= 11 is 0. The highest BCUT2D eigenvalue weighted by atomic mass is 127. The maximum absolute atomic E-state index is 11.7. The lowest BCUT2D eigenvalue weighted by Crippen LogP contribution is -2.42. The third-order valence-corrected chi connectivity index (χ3v) is 6.94. The van der Waals surface area contributed by atoms with Crippen LogP contribution in [0.4, 0.5) is 0 Å². The number of nitrogens with zero attached hydrogens (tertiary/aromatic N) is 2. The number of aliphatic imine (C=N–C) groups is 1. The van der Waals surface area contributed by atoms with Crippen LogP contribution in [0.5, 0.6) is 0 Å². The molecular formula is C23H34IN5O2S. The van der Waals surface area contributed by atoms with Crippen molar-refractivity contribution >= 4 is 40.0 Å². The second-order valence-electron chi connectivity index (χ2n) is 7.76. The Hall–Kier alpha value is -1.69. The van der Waals surface area contributed by atoms with Gasteiger partial charge >= 0.3 is 0 Å². The summed E-state index contributed by atoms with van der Waals surface area (Å²) in [5.74, 6) is 0.736. The van der Waals surface area contributed by atoms with Gasteiger partial charge in [-0.3, -0.25) is 9.89 Å². The van der Waals surface area contributed by atoms with E-state index in [1.165, 1.54) is 25.5 Å². The van der Waals surface area contributed by atoms with E-state index >= 15 is 0 Å².